The van der Waals surface area contributed by atoms with E-state index in [1.54, 1.807) is 0 Å². The predicted octanol–water partition coefficient (Wildman–Crippen LogP) is 12.2. The zero-order valence-electron chi connectivity index (χ0n) is 27.9. The van der Waals surface area contributed by atoms with Crippen molar-refractivity contribution in [2.75, 3.05) is 0 Å². The molecule has 0 aliphatic carbocycles. The maximum Gasteiger partial charge on any atom is 0.164 e. The zero-order valence-corrected chi connectivity index (χ0v) is 27.9. The second kappa shape index (κ2) is 11.2. The Balaban J connectivity index is 1.16. The van der Waals surface area contributed by atoms with Gasteiger partial charge >= 0.3 is 0 Å². The third kappa shape index (κ3) is 4.33. The summed E-state index contributed by atoms with van der Waals surface area (Å²) in [6.45, 7) is 0. The van der Waals surface area contributed by atoms with Gasteiger partial charge in [-0.05, 0) is 40.4 Å². The summed E-state index contributed by atoms with van der Waals surface area (Å²) in [7, 11) is 0. The van der Waals surface area contributed by atoms with Gasteiger partial charge in [0.15, 0.2) is 23.1 Å². The molecule has 0 radical (unpaired) electrons. The van der Waals surface area contributed by atoms with Gasteiger partial charge in [0.05, 0.1) is 16.7 Å². The Morgan fingerprint density at radius 2 is 0.981 bits per heavy atom. The van der Waals surface area contributed by atoms with Gasteiger partial charge in [-0.2, -0.15) is 0 Å². The molecule has 0 aliphatic rings. The molecule has 52 heavy (non-hydrogen) atoms. The molecule has 8 aromatic carbocycles. The fourth-order valence-corrected chi connectivity index (χ4v) is 7.83. The summed E-state index contributed by atoms with van der Waals surface area (Å²) in [5, 5.41) is 9.42. The number of hydrogen-bond acceptors (Lipinski definition) is 4. The van der Waals surface area contributed by atoms with Crippen LogP contribution in [-0.2, 0) is 0 Å². The van der Waals surface area contributed by atoms with Gasteiger partial charge in [0, 0.05) is 43.6 Å². The molecule has 3 heterocycles. The largest absolute Gasteiger partial charge is 0.454 e. The molecule has 0 N–H and O–H groups in total. The van der Waals surface area contributed by atoms with E-state index < -0.39 is 0 Å². The van der Waals surface area contributed by atoms with Gasteiger partial charge in [-0.3, -0.25) is 0 Å². The van der Waals surface area contributed by atoms with Crippen LogP contribution in [0.5, 0.6) is 0 Å². The number of aromatic nitrogens is 4. The quantitative estimate of drug-likeness (QED) is 0.188. The Bertz CT molecular complexity index is 3120. The van der Waals surface area contributed by atoms with Crippen LogP contribution in [0.15, 0.2) is 174 Å². The number of rotatable bonds is 4. The molecule has 0 unspecified atom stereocenters. The molecule has 0 bridgehead atoms. The molecule has 242 valence electrons. The van der Waals surface area contributed by atoms with Crippen LogP contribution in [0.25, 0.3) is 105 Å². The van der Waals surface area contributed by atoms with Crippen LogP contribution >= 0.6 is 0 Å². The van der Waals surface area contributed by atoms with Crippen LogP contribution in [0.4, 0.5) is 0 Å². The molecule has 0 aliphatic heterocycles. The topological polar surface area (TPSA) is 56.7 Å². The molecule has 0 spiro atoms. The fraction of sp³-hybridized carbons (Fsp3) is 0. The number of fused-ring (bicyclic) bond motifs is 10. The lowest BCUT2D eigenvalue weighted by atomic mass is 10.0. The fourth-order valence-electron chi connectivity index (χ4n) is 7.83. The number of furan rings is 1. The van der Waals surface area contributed by atoms with E-state index in [-0.39, 0.29) is 0 Å². The number of hydrogen-bond donors (Lipinski definition) is 0. The van der Waals surface area contributed by atoms with Crippen LogP contribution in [0.3, 0.4) is 0 Å². The smallest absolute Gasteiger partial charge is 0.164 e. The van der Waals surface area contributed by atoms with Gasteiger partial charge in [-0.1, -0.05) is 146 Å². The summed E-state index contributed by atoms with van der Waals surface area (Å²) in [6, 6.07) is 59.1. The Morgan fingerprint density at radius 1 is 0.404 bits per heavy atom. The minimum atomic E-state index is 0.594. The summed E-state index contributed by atoms with van der Waals surface area (Å²) in [5.74, 6) is 1.85. The molecule has 0 amide bonds. The third-order valence-corrected chi connectivity index (χ3v) is 10.2. The highest BCUT2D eigenvalue weighted by Gasteiger charge is 2.21. The van der Waals surface area contributed by atoms with Gasteiger partial charge in [0.1, 0.15) is 5.58 Å². The second-order valence-corrected chi connectivity index (χ2v) is 13.2. The van der Waals surface area contributed by atoms with Gasteiger partial charge in [0.2, 0.25) is 0 Å². The molecule has 11 aromatic rings. The Morgan fingerprint density at radius 3 is 1.71 bits per heavy atom. The van der Waals surface area contributed by atoms with Crippen molar-refractivity contribution in [1.82, 2.24) is 19.5 Å². The van der Waals surface area contributed by atoms with E-state index in [0.29, 0.717) is 17.5 Å². The number of benzene rings is 8. The van der Waals surface area contributed by atoms with E-state index in [1.807, 2.05) is 60.7 Å². The summed E-state index contributed by atoms with van der Waals surface area (Å²) in [5.41, 5.74) is 7.66. The first-order chi connectivity index (χ1) is 25.8. The maximum absolute atomic E-state index is 6.90. The van der Waals surface area contributed by atoms with Gasteiger partial charge < -0.3 is 8.98 Å². The molecule has 3 aromatic heterocycles. The van der Waals surface area contributed by atoms with Crippen molar-refractivity contribution in [2.45, 2.75) is 0 Å². The third-order valence-electron chi connectivity index (χ3n) is 10.2. The van der Waals surface area contributed by atoms with E-state index in [9.17, 15) is 0 Å². The molecule has 11 rings (SSSR count). The van der Waals surface area contributed by atoms with Crippen molar-refractivity contribution in [1.29, 1.82) is 0 Å². The maximum atomic E-state index is 6.90. The van der Waals surface area contributed by atoms with Crippen LogP contribution in [0.1, 0.15) is 0 Å². The molecule has 0 atom stereocenters. The van der Waals surface area contributed by atoms with E-state index in [2.05, 4.69) is 114 Å². The van der Waals surface area contributed by atoms with Gasteiger partial charge in [-0.15, -0.1) is 0 Å². The van der Waals surface area contributed by atoms with Crippen molar-refractivity contribution in [2.24, 2.45) is 0 Å². The molecule has 0 saturated heterocycles. The normalized spacial score (nSPS) is 11.8. The highest BCUT2D eigenvalue weighted by atomic mass is 16.3. The van der Waals surface area contributed by atoms with Crippen molar-refractivity contribution in [3.05, 3.63) is 170 Å². The second-order valence-electron chi connectivity index (χ2n) is 13.2. The number of para-hydroxylation sites is 1. The lowest BCUT2D eigenvalue weighted by molar-refractivity contribution is 0.666. The van der Waals surface area contributed by atoms with E-state index in [0.717, 1.165) is 49.8 Å². The van der Waals surface area contributed by atoms with E-state index in [4.69, 9.17) is 19.4 Å². The predicted molar refractivity (Wildman–Crippen MR) is 213 cm³/mol. The first kappa shape index (κ1) is 28.7. The summed E-state index contributed by atoms with van der Waals surface area (Å²) < 4.78 is 9.30. The van der Waals surface area contributed by atoms with Gasteiger partial charge in [0.25, 0.3) is 0 Å². The standard InChI is InChI=1S/C47H28N4O/c1-3-14-31(15-4-1)45-48-46(32-16-5-2-6-17-32)50-47(49-45)33-23-25-36-37-20-11-21-40(44(37)52-41(36)28-33)51-39-27-24-29-12-7-9-18-34(29)42(39)38-26-22-30-13-8-10-19-35(30)43(38)51/h1-28H. The lowest BCUT2D eigenvalue weighted by Gasteiger charge is -2.10. The van der Waals surface area contributed by atoms with E-state index >= 15 is 0 Å². The van der Waals surface area contributed by atoms with Crippen molar-refractivity contribution in [3.63, 3.8) is 0 Å². The summed E-state index contributed by atoms with van der Waals surface area (Å²) in [4.78, 5) is 14.8. The minimum Gasteiger partial charge on any atom is -0.454 e. The summed E-state index contributed by atoms with van der Waals surface area (Å²) >= 11 is 0. The minimum absolute atomic E-state index is 0.594. The highest BCUT2D eigenvalue weighted by Crippen LogP contribution is 2.43. The van der Waals surface area contributed by atoms with Crippen molar-refractivity contribution in [3.8, 4) is 39.9 Å². The van der Waals surface area contributed by atoms with Crippen LogP contribution < -0.4 is 0 Å². The summed E-state index contributed by atoms with van der Waals surface area (Å²) in [6.07, 6.45) is 0. The molecular weight excluding hydrogens is 637 g/mol. The van der Waals surface area contributed by atoms with Crippen LogP contribution in [0.2, 0.25) is 0 Å². The molecular formula is C47H28N4O. The molecule has 0 saturated carbocycles. The van der Waals surface area contributed by atoms with Gasteiger partial charge in [-0.25, -0.2) is 15.0 Å². The first-order valence-electron chi connectivity index (χ1n) is 17.5. The number of nitrogens with zero attached hydrogens (tertiary/aromatic N) is 4. The SMILES string of the molecule is c1ccc(-c2nc(-c3ccccc3)nc(-c3ccc4c(c3)oc3c(-n5c6ccc7ccccc7c6c6ccc7ccccc7c65)cccc34)n2)cc1. The van der Waals surface area contributed by atoms with Crippen LogP contribution in [-0.4, -0.2) is 19.5 Å². The Labute approximate surface area is 298 Å². The van der Waals surface area contributed by atoms with Crippen LogP contribution in [0, 0.1) is 0 Å². The van der Waals surface area contributed by atoms with E-state index in [1.165, 1.54) is 37.8 Å². The average Bonchev–Trinajstić information content (AvgIpc) is 3.77. The first-order valence-corrected chi connectivity index (χ1v) is 17.5. The molecule has 5 nitrogen and oxygen atoms in total. The molecule has 0 fully saturated rings. The van der Waals surface area contributed by atoms with Crippen molar-refractivity contribution >= 4 is 65.3 Å². The average molecular weight is 665 g/mol. The molecule has 5 heteroatoms. The Hall–Kier alpha value is -7.11. The Kier molecular flexibility index (Phi) is 6.18. The lowest BCUT2D eigenvalue weighted by Crippen LogP contribution is -2.00. The highest BCUT2D eigenvalue weighted by molar-refractivity contribution is 6.26. The zero-order chi connectivity index (χ0) is 34.2. The van der Waals surface area contributed by atoms with Crippen molar-refractivity contribution < 1.29 is 4.42 Å². The monoisotopic (exact) mass is 664 g/mol.